The normalized spacial score (nSPS) is 11.1. The Morgan fingerprint density at radius 3 is 2.63 bits per heavy atom. The second-order valence-corrected chi connectivity index (χ2v) is 5.51. The molecule has 0 atom stereocenters. The quantitative estimate of drug-likeness (QED) is 0.598. The number of carbonyl (C=O) groups excluding carboxylic acids is 1. The van der Waals surface area contributed by atoms with Crippen LogP contribution in [-0.2, 0) is 14.8 Å². The summed E-state index contributed by atoms with van der Waals surface area (Å²) in [6.45, 7) is -0.488. The third-order valence-corrected chi connectivity index (χ3v) is 4.00. The molecule has 8 nitrogen and oxygen atoms in total. The fourth-order valence-electron chi connectivity index (χ4n) is 1.14. The lowest BCUT2D eigenvalue weighted by Crippen LogP contribution is -2.35. The van der Waals surface area contributed by atoms with Gasteiger partial charge in [-0.3, -0.25) is 14.9 Å². The minimum atomic E-state index is -4.10. The molecule has 10 heteroatoms. The van der Waals surface area contributed by atoms with E-state index in [9.17, 15) is 23.3 Å². The van der Waals surface area contributed by atoms with Gasteiger partial charge in [-0.05, 0) is 6.07 Å². The van der Waals surface area contributed by atoms with Gasteiger partial charge >= 0.3 is 0 Å². The van der Waals surface area contributed by atoms with Gasteiger partial charge in [0.2, 0.25) is 15.9 Å². The molecule has 0 aromatic heterocycles. The van der Waals surface area contributed by atoms with E-state index in [4.69, 9.17) is 11.6 Å². The number of amides is 1. The fourth-order valence-corrected chi connectivity index (χ4v) is 2.64. The number of hydrogen-bond donors (Lipinski definition) is 2. The first-order valence-electron chi connectivity index (χ1n) is 4.92. The van der Waals surface area contributed by atoms with Crippen LogP contribution in [0.2, 0.25) is 5.02 Å². The molecule has 0 bridgehead atoms. The molecule has 1 aromatic rings. The maximum Gasteiger partial charge on any atom is 0.270 e. The summed E-state index contributed by atoms with van der Waals surface area (Å²) in [5.41, 5.74) is -0.412. The van der Waals surface area contributed by atoms with Crippen molar-refractivity contribution in [2.75, 3.05) is 13.6 Å². The van der Waals surface area contributed by atoms with Crippen molar-refractivity contribution in [2.24, 2.45) is 0 Å². The average molecular weight is 308 g/mol. The van der Waals surface area contributed by atoms with E-state index in [1.165, 1.54) is 7.05 Å². The lowest BCUT2D eigenvalue weighted by Gasteiger charge is -2.07. The van der Waals surface area contributed by atoms with Gasteiger partial charge in [0.1, 0.15) is 4.90 Å². The second kappa shape index (κ2) is 5.95. The maximum absolute atomic E-state index is 11.9. The Balaban J connectivity index is 3.10. The van der Waals surface area contributed by atoms with Crippen LogP contribution in [0.15, 0.2) is 23.1 Å². The predicted octanol–water partition coefficient (Wildman–Crippen LogP) is 0.273. The Bertz CT molecular complexity index is 616. The van der Waals surface area contributed by atoms with E-state index < -0.39 is 38.0 Å². The van der Waals surface area contributed by atoms with Crippen molar-refractivity contribution in [3.05, 3.63) is 33.3 Å². The molecular formula is C9H10ClN3O5S. The third kappa shape index (κ3) is 3.88. The van der Waals surface area contributed by atoms with E-state index in [0.717, 1.165) is 18.2 Å². The predicted molar refractivity (Wildman–Crippen MR) is 67.4 cm³/mol. The molecule has 0 fully saturated rings. The molecule has 1 rings (SSSR count). The SMILES string of the molecule is CNC(=O)CNS(=O)(=O)c1cc([N+](=O)[O-])ccc1Cl. The fraction of sp³-hybridized carbons (Fsp3) is 0.222. The third-order valence-electron chi connectivity index (χ3n) is 2.12. The Kier molecular flexibility index (Phi) is 4.81. The first kappa shape index (κ1) is 15.3. The number of hydrogen-bond acceptors (Lipinski definition) is 5. The van der Waals surface area contributed by atoms with Crippen molar-refractivity contribution >= 4 is 33.2 Å². The molecule has 0 heterocycles. The zero-order chi connectivity index (χ0) is 14.6. The second-order valence-electron chi connectivity index (χ2n) is 3.37. The number of nitrogens with zero attached hydrogens (tertiary/aromatic N) is 1. The molecule has 0 saturated heterocycles. The van der Waals surface area contributed by atoms with Crippen molar-refractivity contribution in [2.45, 2.75) is 4.90 Å². The van der Waals surface area contributed by atoms with E-state index in [2.05, 4.69) is 5.32 Å². The summed E-state index contributed by atoms with van der Waals surface area (Å²) in [5.74, 6) is -0.551. The van der Waals surface area contributed by atoms with Gasteiger partial charge in [-0.1, -0.05) is 11.6 Å². The minimum absolute atomic E-state index is 0.171. The monoisotopic (exact) mass is 307 g/mol. The van der Waals surface area contributed by atoms with Gasteiger partial charge in [0.25, 0.3) is 5.69 Å². The molecule has 19 heavy (non-hydrogen) atoms. The van der Waals surface area contributed by atoms with Crippen LogP contribution in [0.25, 0.3) is 0 Å². The lowest BCUT2D eigenvalue weighted by atomic mass is 10.3. The first-order chi connectivity index (χ1) is 8.77. The number of halogens is 1. The number of nitrogens with one attached hydrogen (secondary N) is 2. The number of rotatable bonds is 5. The Labute approximate surface area is 114 Å². The van der Waals surface area contributed by atoms with Gasteiger partial charge in [0.15, 0.2) is 0 Å². The molecule has 1 aromatic carbocycles. The van der Waals surface area contributed by atoms with Crippen molar-refractivity contribution in [3.63, 3.8) is 0 Å². The highest BCUT2D eigenvalue weighted by atomic mass is 35.5. The summed E-state index contributed by atoms with van der Waals surface area (Å²) in [4.78, 5) is 20.4. The van der Waals surface area contributed by atoms with Gasteiger partial charge in [-0.15, -0.1) is 0 Å². The van der Waals surface area contributed by atoms with E-state index in [0.29, 0.717) is 0 Å². The van der Waals surface area contributed by atoms with Crippen LogP contribution in [0.5, 0.6) is 0 Å². The molecule has 0 aliphatic heterocycles. The topological polar surface area (TPSA) is 118 Å². The Morgan fingerprint density at radius 1 is 1.47 bits per heavy atom. The highest BCUT2D eigenvalue weighted by Crippen LogP contribution is 2.25. The van der Waals surface area contributed by atoms with Crippen molar-refractivity contribution in [1.82, 2.24) is 10.0 Å². The van der Waals surface area contributed by atoms with Crippen LogP contribution in [0, 0.1) is 10.1 Å². The standard InChI is InChI=1S/C9H10ClN3O5S/c1-11-9(14)5-12-19(17,18)8-4-6(13(15)16)2-3-7(8)10/h2-4,12H,5H2,1H3,(H,11,14). The van der Waals surface area contributed by atoms with Gasteiger partial charge in [0, 0.05) is 19.2 Å². The number of benzene rings is 1. The number of sulfonamides is 1. The highest BCUT2D eigenvalue weighted by Gasteiger charge is 2.21. The number of carbonyl (C=O) groups is 1. The summed E-state index contributed by atoms with van der Waals surface area (Å²) >= 11 is 5.69. The van der Waals surface area contributed by atoms with Gasteiger partial charge < -0.3 is 5.32 Å². The summed E-state index contributed by atoms with van der Waals surface area (Å²) in [5, 5.41) is 12.6. The summed E-state index contributed by atoms with van der Waals surface area (Å²) in [7, 11) is -2.76. The number of non-ortho nitro benzene ring substituents is 1. The van der Waals surface area contributed by atoms with Gasteiger partial charge in [-0.2, -0.15) is 0 Å². The molecular weight excluding hydrogens is 298 g/mol. The average Bonchev–Trinajstić information content (AvgIpc) is 2.36. The number of nitro benzene ring substituents is 1. The largest absolute Gasteiger partial charge is 0.358 e. The van der Waals surface area contributed by atoms with Gasteiger partial charge in [-0.25, -0.2) is 13.1 Å². The van der Waals surface area contributed by atoms with E-state index in [1.807, 2.05) is 4.72 Å². The zero-order valence-electron chi connectivity index (χ0n) is 9.71. The number of nitro groups is 1. The minimum Gasteiger partial charge on any atom is -0.358 e. The molecule has 0 aliphatic carbocycles. The lowest BCUT2D eigenvalue weighted by molar-refractivity contribution is -0.385. The molecule has 0 saturated carbocycles. The van der Waals surface area contributed by atoms with E-state index in [1.54, 1.807) is 0 Å². The van der Waals surface area contributed by atoms with Crippen molar-refractivity contribution < 1.29 is 18.1 Å². The number of likely N-dealkylation sites (N-methyl/N-ethyl adjacent to an activating group) is 1. The molecule has 0 radical (unpaired) electrons. The van der Waals surface area contributed by atoms with E-state index in [-0.39, 0.29) is 5.02 Å². The van der Waals surface area contributed by atoms with Gasteiger partial charge in [0.05, 0.1) is 16.5 Å². The zero-order valence-corrected chi connectivity index (χ0v) is 11.3. The molecule has 1 amide bonds. The van der Waals surface area contributed by atoms with Crippen molar-refractivity contribution in [3.8, 4) is 0 Å². The summed E-state index contributed by atoms with van der Waals surface area (Å²) < 4.78 is 25.7. The molecule has 0 unspecified atom stereocenters. The molecule has 2 N–H and O–H groups in total. The molecule has 0 aliphatic rings. The molecule has 104 valence electrons. The van der Waals surface area contributed by atoms with Crippen LogP contribution in [0.4, 0.5) is 5.69 Å². The van der Waals surface area contributed by atoms with Crippen LogP contribution < -0.4 is 10.0 Å². The van der Waals surface area contributed by atoms with Crippen LogP contribution in [-0.4, -0.2) is 32.8 Å². The highest BCUT2D eigenvalue weighted by molar-refractivity contribution is 7.89. The van der Waals surface area contributed by atoms with Crippen LogP contribution in [0.3, 0.4) is 0 Å². The smallest absolute Gasteiger partial charge is 0.270 e. The van der Waals surface area contributed by atoms with Crippen LogP contribution >= 0.6 is 11.6 Å². The van der Waals surface area contributed by atoms with Crippen LogP contribution in [0.1, 0.15) is 0 Å². The van der Waals surface area contributed by atoms with Crippen molar-refractivity contribution in [1.29, 1.82) is 0 Å². The summed E-state index contributed by atoms with van der Waals surface area (Å²) in [6, 6.07) is 3.02. The first-order valence-corrected chi connectivity index (χ1v) is 6.78. The Hall–Kier alpha value is -1.71. The van der Waals surface area contributed by atoms with E-state index >= 15 is 0 Å². The maximum atomic E-state index is 11.9. The molecule has 0 spiro atoms. The Morgan fingerprint density at radius 2 is 2.11 bits per heavy atom. The summed E-state index contributed by atoms with van der Waals surface area (Å²) in [6.07, 6.45) is 0.